The third-order valence-electron chi connectivity index (χ3n) is 4.72. The van der Waals surface area contributed by atoms with Gasteiger partial charge in [-0.2, -0.15) is 0 Å². The van der Waals surface area contributed by atoms with Crippen LogP contribution in [0.4, 0.5) is 5.69 Å². The summed E-state index contributed by atoms with van der Waals surface area (Å²) >= 11 is 0. The predicted octanol–water partition coefficient (Wildman–Crippen LogP) is 2.28. The van der Waals surface area contributed by atoms with Crippen molar-refractivity contribution in [2.45, 2.75) is 13.1 Å². The topological polar surface area (TPSA) is 110 Å². The second kappa shape index (κ2) is 11.5. The third kappa shape index (κ3) is 6.86. The molecule has 0 spiro atoms. The van der Waals surface area contributed by atoms with Crippen molar-refractivity contribution < 1.29 is 19.2 Å². The Balaban J connectivity index is 2.22. The summed E-state index contributed by atoms with van der Waals surface area (Å²) in [6.07, 6.45) is 0. The molecule has 10 heteroatoms. The molecule has 10 nitrogen and oxygen atoms in total. The Morgan fingerprint density at radius 2 is 1.78 bits per heavy atom. The van der Waals surface area contributed by atoms with Crippen LogP contribution in [0.3, 0.4) is 0 Å². The van der Waals surface area contributed by atoms with Crippen molar-refractivity contribution >= 4 is 17.6 Å². The molecule has 0 saturated carbocycles. The summed E-state index contributed by atoms with van der Waals surface area (Å²) < 4.78 is 10.7. The van der Waals surface area contributed by atoms with Crippen LogP contribution in [0, 0.1) is 10.1 Å². The van der Waals surface area contributed by atoms with Crippen LogP contribution in [-0.4, -0.2) is 68.5 Å². The lowest BCUT2D eigenvalue weighted by molar-refractivity contribution is -0.384. The molecule has 0 fully saturated rings. The molecule has 0 radical (unpaired) electrons. The molecule has 2 aromatic carbocycles. The fraction of sp³-hybridized carbons (Fsp3) is 0.364. The molecule has 1 amide bonds. The number of benzene rings is 2. The monoisotopic (exact) mass is 443 g/mol. The Labute approximate surface area is 187 Å². The average Bonchev–Trinajstić information content (AvgIpc) is 2.79. The predicted molar refractivity (Wildman–Crippen MR) is 122 cm³/mol. The smallest absolute Gasteiger partial charge is 0.269 e. The molecular weight excluding hydrogens is 414 g/mol. The van der Waals surface area contributed by atoms with E-state index in [0.717, 1.165) is 11.1 Å². The molecule has 172 valence electrons. The van der Waals surface area contributed by atoms with E-state index in [9.17, 15) is 14.9 Å². The molecule has 32 heavy (non-hydrogen) atoms. The minimum Gasteiger partial charge on any atom is -0.497 e. The molecule has 0 aliphatic rings. The van der Waals surface area contributed by atoms with Crippen LogP contribution < -0.4 is 14.8 Å². The summed E-state index contributed by atoms with van der Waals surface area (Å²) in [5.41, 5.74) is 1.75. The summed E-state index contributed by atoms with van der Waals surface area (Å²) in [7, 11) is 8.41. The first kappa shape index (κ1) is 24.4. The lowest BCUT2D eigenvalue weighted by Gasteiger charge is -2.24. The zero-order valence-electron chi connectivity index (χ0n) is 19.0. The van der Waals surface area contributed by atoms with Crippen molar-refractivity contribution in [3.05, 3.63) is 63.7 Å². The Bertz CT molecular complexity index is 960. The highest BCUT2D eigenvalue weighted by atomic mass is 16.6. The van der Waals surface area contributed by atoms with Crippen LogP contribution in [0.15, 0.2) is 47.5 Å². The van der Waals surface area contributed by atoms with E-state index in [-0.39, 0.29) is 18.1 Å². The van der Waals surface area contributed by atoms with E-state index in [1.807, 2.05) is 24.1 Å². The number of carbonyl (C=O) groups excluding carboxylic acids is 1. The maximum absolute atomic E-state index is 12.1. The number of carbonyl (C=O) groups is 1. The summed E-state index contributed by atoms with van der Waals surface area (Å²) in [6, 6.07) is 11.8. The first-order valence-electron chi connectivity index (χ1n) is 9.89. The number of nitro benzene ring substituents is 1. The van der Waals surface area contributed by atoms with Crippen LogP contribution in [0.1, 0.15) is 11.1 Å². The summed E-state index contributed by atoms with van der Waals surface area (Å²) in [5, 5.41) is 13.9. The first-order valence-corrected chi connectivity index (χ1v) is 9.89. The molecule has 0 aromatic heterocycles. The molecule has 0 heterocycles. The van der Waals surface area contributed by atoms with Crippen LogP contribution in [-0.2, 0) is 17.9 Å². The summed E-state index contributed by atoms with van der Waals surface area (Å²) in [4.78, 5) is 30.4. The van der Waals surface area contributed by atoms with Crippen LogP contribution in [0.25, 0.3) is 0 Å². The van der Waals surface area contributed by atoms with E-state index in [1.54, 1.807) is 46.5 Å². The Morgan fingerprint density at radius 1 is 1.09 bits per heavy atom. The minimum atomic E-state index is -0.442. The lowest BCUT2D eigenvalue weighted by Crippen LogP contribution is -2.43. The highest BCUT2D eigenvalue weighted by Crippen LogP contribution is 2.25. The quantitative estimate of drug-likeness (QED) is 0.274. The van der Waals surface area contributed by atoms with Crippen molar-refractivity contribution in [2.24, 2.45) is 4.99 Å². The zero-order chi connectivity index (χ0) is 23.7. The SMILES string of the molecule is COc1ccc(CN(C)C(=NCc2ccc([N+](=O)[O-])cc2)NCC(=O)N(C)C)c(OC)c1. The van der Waals surface area contributed by atoms with E-state index >= 15 is 0 Å². The van der Waals surface area contributed by atoms with Crippen LogP contribution in [0.5, 0.6) is 11.5 Å². The van der Waals surface area contributed by atoms with E-state index in [1.165, 1.54) is 17.0 Å². The van der Waals surface area contributed by atoms with Gasteiger partial charge in [-0.1, -0.05) is 12.1 Å². The number of likely N-dealkylation sites (N-methyl/N-ethyl adjacent to an activating group) is 1. The second-order valence-corrected chi connectivity index (χ2v) is 7.24. The number of ether oxygens (including phenoxy) is 2. The summed E-state index contributed by atoms with van der Waals surface area (Å²) in [5.74, 6) is 1.78. The largest absolute Gasteiger partial charge is 0.497 e. The summed E-state index contributed by atoms with van der Waals surface area (Å²) in [6.45, 7) is 0.839. The first-order chi connectivity index (χ1) is 15.2. The fourth-order valence-corrected chi connectivity index (χ4v) is 2.83. The number of non-ortho nitro benzene ring substituents is 1. The number of guanidine groups is 1. The molecule has 2 rings (SSSR count). The van der Waals surface area contributed by atoms with Crippen LogP contribution >= 0.6 is 0 Å². The maximum Gasteiger partial charge on any atom is 0.269 e. The molecule has 0 bridgehead atoms. The standard InChI is InChI=1S/C22H29N5O5/c1-25(2)21(28)14-24-22(23-13-16-6-9-18(10-7-16)27(29)30)26(3)15-17-8-11-19(31-4)12-20(17)32-5/h6-12H,13-15H2,1-5H3,(H,23,24). The van der Waals surface area contributed by atoms with Gasteiger partial charge in [0.15, 0.2) is 5.96 Å². The number of hydrogen-bond acceptors (Lipinski definition) is 6. The number of nitrogens with one attached hydrogen (secondary N) is 1. The van der Waals surface area contributed by atoms with E-state index in [2.05, 4.69) is 10.3 Å². The van der Waals surface area contributed by atoms with E-state index < -0.39 is 4.92 Å². The fourth-order valence-electron chi connectivity index (χ4n) is 2.83. The molecule has 2 aromatic rings. The Morgan fingerprint density at radius 3 is 2.34 bits per heavy atom. The zero-order valence-corrected chi connectivity index (χ0v) is 19.0. The van der Waals surface area contributed by atoms with E-state index in [4.69, 9.17) is 9.47 Å². The number of aliphatic imine (C=N–C) groups is 1. The number of rotatable bonds is 9. The van der Waals surface area contributed by atoms with Gasteiger partial charge in [0.2, 0.25) is 5.91 Å². The van der Waals surface area contributed by atoms with E-state index in [0.29, 0.717) is 30.5 Å². The molecule has 0 saturated heterocycles. The highest BCUT2D eigenvalue weighted by Gasteiger charge is 2.14. The van der Waals surface area contributed by atoms with Crippen molar-refractivity contribution in [2.75, 3.05) is 41.9 Å². The van der Waals surface area contributed by atoms with Gasteiger partial charge in [0.05, 0.1) is 32.2 Å². The molecular formula is C22H29N5O5. The van der Waals surface area contributed by atoms with Crippen molar-refractivity contribution in [1.82, 2.24) is 15.1 Å². The van der Waals surface area contributed by atoms with Crippen molar-refractivity contribution in [3.63, 3.8) is 0 Å². The lowest BCUT2D eigenvalue weighted by atomic mass is 10.2. The average molecular weight is 444 g/mol. The molecule has 0 aliphatic heterocycles. The normalized spacial score (nSPS) is 11.0. The van der Waals surface area contributed by atoms with Gasteiger partial charge >= 0.3 is 0 Å². The van der Waals surface area contributed by atoms with Gasteiger partial charge in [-0.3, -0.25) is 14.9 Å². The number of nitrogens with zero attached hydrogens (tertiary/aromatic N) is 4. The van der Waals surface area contributed by atoms with Crippen molar-refractivity contribution in [3.8, 4) is 11.5 Å². The maximum atomic E-state index is 12.1. The van der Waals surface area contributed by atoms with Gasteiger partial charge in [-0.25, -0.2) is 4.99 Å². The second-order valence-electron chi connectivity index (χ2n) is 7.24. The van der Waals surface area contributed by atoms with Gasteiger partial charge in [0, 0.05) is 51.5 Å². The third-order valence-corrected chi connectivity index (χ3v) is 4.72. The Kier molecular flexibility index (Phi) is 8.82. The van der Waals surface area contributed by atoms with Gasteiger partial charge in [-0.15, -0.1) is 0 Å². The van der Waals surface area contributed by atoms with Gasteiger partial charge in [0.25, 0.3) is 5.69 Å². The number of methoxy groups -OCH3 is 2. The van der Waals surface area contributed by atoms with Gasteiger partial charge in [-0.05, 0) is 17.7 Å². The van der Waals surface area contributed by atoms with Crippen LogP contribution in [0.2, 0.25) is 0 Å². The molecule has 0 aliphatic carbocycles. The molecule has 0 atom stereocenters. The number of amides is 1. The van der Waals surface area contributed by atoms with Gasteiger partial charge in [0.1, 0.15) is 11.5 Å². The van der Waals surface area contributed by atoms with Gasteiger partial charge < -0.3 is 24.6 Å². The minimum absolute atomic E-state index is 0.0244. The number of nitro groups is 1. The van der Waals surface area contributed by atoms with Crippen molar-refractivity contribution in [1.29, 1.82) is 0 Å². The highest BCUT2D eigenvalue weighted by molar-refractivity contribution is 5.86. The number of hydrogen-bond donors (Lipinski definition) is 1. The molecule has 1 N–H and O–H groups in total. The Hall–Kier alpha value is -3.82. The molecule has 0 unspecified atom stereocenters.